The van der Waals surface area contributed by atoms with Crippen LogP contribution in [0.2, 0.25) is 0 Å². The van der Waals surface area contributed by atoms with Crippen molar-refractivity contribution in [3.05, 3.63) is 24.0 Å². The number of aromatic nitrogens is 1. The molecule has 0 bridgehead atoms. The van der Waals surface area contributed by atoms with Crippen molar-refractivity contribution in [3.63, 3.8) is 0 Å². The van der Waals surface area contributed by atoms with E-state index in [0.717, 1.165) is 11.4 Å². The predicted molar refractivity (Wildman–Crippen MR) is 47.4 cm³/mol. The van der Waals surface area contributed by atoms with Crippen LogP contribution in [0, 0.1) is 6.92 Å². The van der Waals surface area contributed by atoms with Crippen LogP contribution in [0.4, 0.5) is 5.69 Å². The standard InChI is InChI=1S/C9H12N2/c1-7(2)11-9-6-10-5-4-8(9)3/h4-6H,1-3H3. The fraction of sp³-hybridized carbons (Fsp3) is 0.333. The molecule has 0 unspecified atom stereocenters. The Balaban J connectivity index is 3.04. The van der Waals surface area contributed by atoms with Crippen LogP contribution in [-0.4, -0.2) is 10.7 Å². The molecular formula is C9H12N2. The van der Waals surface area contributed by atoms with E-state index in [-0.39, 0.29) is 0 Å². The van der Waals surface area contributed by atoms with Gasteiger partial charge in [0.05, 0.1) is 11.9 Å². The Morgan fingerprint density at radius 1 is 1.45 bits per heavy atom. The molecule has 0 aliphatic rings. The van der Waals surface area contributed by atoms with Crippen molar-refractivity contribution in [1.82, 2.24) is 4.98 Å². The summed E-state index contributed by atoms with van der Waals surface area (Å²) >= 11 is 0. The second kappa shape index (κ2) is 3.28. The number of aliphatic imine (C=N–C) groups is 1. The molecule has 0 amide bonds. The fourth-order valence-corrected chi connectivity index (χ4v) is 0.814. The van der Waals surface area contributed by atoms with E-state index in [0.29, 0.717) is 0 Å². The number of hydrogen-bond donors (Lipinski definition) is 0. The van der Waals surface area contributed by atoms with Gasteiger partial charge in [-0.05, 0) is 32.4 Å². The molecular weight excluding hydrogens is 136 g/mol. The first-order valence-corrected chi connectivity index (χ1v) is 3.62. The summed E-state index contributed by atoms with van der Waals surface area (Å²) in [6, 6.07) is 1.96. The first-order valence-electron chi connectivity index (χ1n) is 3.62. The molecule has 0 saturated heterocycles. The largest absolute Gasteiger partial charge is 0.262 e. The minimum atomic E-state index is 0.965. The van der Waals surface area contributed by atoms with Gasteiger partial charge in [-0.3, -0.25) is 9.98 Å². The molecule has 0 atom stereocenters. The molecule has 2 nitrogen and oxygen atoms in total. The van der Waals surface area contributed by atoms with E-state index < -0.39 is 0 Å². The van der Waals surface area contributed by atoms with Crippen LogP contribution in [0.25, 0.3) is 0 Å². The van der Waals surface area contributed by atoms with Gasteiger partial charge >= 0.3 is 0 Å². The van der Waals surface area contributed by atoms with Crippen LogP contribution in [0.5, 0.6) is 0 Å². The molecule has 1 aromatic rings. The Morgan fingerprint density at radius 2 is 2.18 bits per heavy atom. The van der Waals surface area contributed by atoms with Gasteiger partial charge in [-0.15, -0.1) is 0 Å². The van der Waals surface area contributed by atoms with Gasteiger partial charge in [0.2, 0.25) is 0 Å². The van der Waals surface area contributed by atoms with E-state index in [1.807, 2.05) is 26.8 Å². The number of hydrogen-bond acceptors (Lipinski definition) is 2. The van der Waals surface area contributed by atoms with Crippen molar-refractivity contribution >= 4 is 11.4 Å². The first kappa shape index (κ1) is 7.92. The summed E-state index contributed by atoms with van der Waals surface area (Å²) in [5.74, 6) is 0. The van der Waals surface area contributed by atoms with Crippen molar-refractivity contribution in [2.24, 2.45) is 4.99 Å². The summed E-state index contributed by atoms with van der Waals surface area (Å²) in [5, 5.41) is 0. The van der Waals surface area contributed by atoms with Gasteiger partial charge in [0, 0.05) is 11.9 Å². The zero-order chi connectivity index (χ0) is 8.27. The van der Waals surface area contributed by atoms with Crippen LogP contribution >= 0.6 is 0 Å². The van der Waals surface area contributed by atoms with E-state index >= 15 is 0 Å². The number of rotatable bonds is 1. The van der Waals surface area contributed by atoms with Gasteiger partial charge in [-0.1, -0.05) is 0 Å². The third kappa shape index (κ3) is 2.15. The molecule has 58 valence electrons. The van der Waals surface area contributed by atoms with Crippen LogP contribution in [0.3, 0.4) is 0 Å². The molecule has 11 heavy (non-hydrogen) atoms. The summed E-state index contributed by atoms with van der Waals surface area (Å²) in [7, 11) is 0. The van der Waals surface area contributed by atoms with E-state index in [9.17, 15) is 0 Å². The van der Waals surface area contributed by atoms with E-state index in [2.05, 4.69) is 9.98 Å². The molecule has 1 aromatic heterocycles. The van der Waals surface area contributed by atoms with Gasteiger partial charge in [0.1, 0.15) is 0 Å². The molecule has 2 heteroatoms. The highest BCUT2D eigenvalue weighted by Gasteiger charge is 1.92. The van der Waals surface area contributed by atoms with Crippen molar-refractivity contribution in [3.8, 4) is 0 Å². The maximum atomic E-state index is 4.31. The number of nitrogens with zero attached hydrogens (tertiary/aromatic N) is 2. The van der Waals surface area contributed by atoms with Crippen LogP contribution in [0.1, 0.15) is 19.4 Å². The summed E-state index contributed by atoms with van der Waals surface area (Å²) in [4.78, 5) is 8.30. The van der Waals surface area contributed by atoms with Crippen LogP contribution < -0.4 is 0 Å². The Bertz CT molecular complexity index is 273. The van der Waals surface area contributed by atoms with Crippen molar-refractivity contribution in [1.29, 1.82) is 0 Å². The van der Waals surface area contributed by atoms with Gasteiger partial charge in [0.15, 0.2) is 0 Å². The minimum absolute atomic E-state index is 0.965. The molecule has 0 aromatic carbocycles. The van der Waals surface area contributed by atoms with Crippen LogP contribution in [0.15, 0.2) is 23.5 Å². The third-order valence-corrected chi connectivity index (χ3v) is 1.36. The molecule has 0 fully saturated rings. The molecule has 1 rings (SSSR count). The molecule has 0 saturated carbocycles. The highest BCUT2D eigenvalue weighted by Crippen LogP contribution is 2.15. The molecule has 0 aliphatic carbocycles. The average Bonchev–Trinajstić information content (AvgIpc) is 1.93. The van der Waals surface area contributed by atoms with Gasteiger partial charge in [-0.25, -0.2) is 0 Å². The molecule has 1 heterocycles. The summed E-state index contributed by atoms with van der Waals surface area (Å²) in [5.41, 5.74) is 3.19. The zero-order valence-corrected chi connectivity index (χ0v) is 7.13. The fourth-order valence-electron chi connectivity index (χ4n) is 0.814. The number of pyridine rings is 1. The second-order valence-corrected chi connectivity index (χ2v) is 2.72. The lowest BCUT2D eigenvalue weighted by Crippen LogP contribution is -1.81. The Morgan fingerprint density at radius 3 is 2.73 bits per heavy atom. The lowest BCUT2D eigenvalue weighted by Gasteiger charge is -1.97. The molecule has 0 spiro atoms. The maximum Gasteiger partial charge on any atom is 0.0841 e. The van der Waals surface area contributed by atoms with E-state index in [1.54, 1.807) is 12.4 Å². The SMILES string of the molecule is CC(C)=Nc1cnccc1C. The average molecular weight is 148 g/mol. The predicted octanol–water partition coefficient (Wildman–Crippen LogP) is 2.50. The lowest BCUT2D eigenvalue weighted by molar-refractivity contribution is 1.26. The molecule has 0 N–H and O–H groups in total. The maximum absolute atomic E-state index is 4.31. The van der Waals surface area contributed by atoms with E-state index in [1.165, 1.54) is 5.56 Å². The topological polar surface area (TPSA) is 25.2 Å². The monoisotopic (exact) mass is 148 g/mol. The Hall–Kier alpha value is -1.18. The minimum Gasteiger partial charge on any atom is -0.262 e. The first-order chi connectivity index (χ1) is 5.20. The number of aryl methyl sites for hydroxylation is 1. The molecule has 0 radical (unpaired) electrons. The normalized spacial score (nSPS) is 9.36. The van der Waals surface area contributed by atoms with Crippen molar-refractivity contribution < 1.29 is 0 Å². The zero-order valence-electron chi connectivity index (χ0n) is 7.13. The smallest absolute Gasteiger partial charge is 0.0841 e. The quantitative estimate of drug-likeness (QED) is 0.562. The van der Waals surface area contributed by atoms with E-state index in [4.69, 9.17) is 0 Å². The Kier molecular flexibility index (Phi) is 2.36. The summed E-state index contributed by atoms with van der Waals surface area (Å²) in [6.07, 6.45) is 3.56. The van der Waals surface area contributed by atoms with Gasteiger partial charge in [0.25, 0.3) is 0 Å². The molecule has 0 aliphatic heterocycles. The lowest BCUT2D eigenvalue weighted by atomic mass is 10.2. The van der Waals surface area contributed by atoms with Gasteiger partial charge in [-0.2, -0.15) is 0 Å². The highest BCUT2D eigenvalue weighted by atomic mass is 14.8. The van der Waals surface area contributed by atoms with Crippen molar-refractivity contribution in [2.45, 2.75) is 20.8 Å². The van der Waals surface area contributed by atoms with Crippen molar-refractivity contribution in [2.75, 3.05) is 0 Å². The van der Waals surface area contributed by atoms with Gasteiger partial charge < -0.3 is 0 Å². The second-order valence-electron chi connectivity index (χ2n) is 2.72. The highest BCUT2D eigenvalue weighted by molar-refractivity contribution is 5.82. The van der Waals surface area contributed by atoms with Crippen LogP contribution in [-0.2, 0) is 0 Å². The third-order valence-electron chi connectivity index (χ3n) is 1.36. The summed E-state index contributed by atoms with van der Waals surface area (Å²) < 4.78 is 0. The summed E-state index contributed by atoms with van der Waals surface area (Å²) in [6.45, 7) is 5.99. The Labute approximate surface area is 67.0 Å².